The summed E-state index contributed by atoms with van der Waals surface area (Å²) in [6, 6.07) is 1.73. The molecule has 1 amide bonds. The standard InChI is InChI=1S/C10H8N4O3/c1-6(2-3-11)14-9(15)7-8(10(16)17)13-5-4-12-7/h2,4-5H,1H3,(H,14,15)(H,16,17)/b6-2+. The van der Waals surface area contributed by atoms with Gasteiger partial charge in [-0.05, 0) is 6.92 Å². The maximum Gasteiger partial charge on any atom is 0.356 e. The Balaban J connectivity index is 3.02. The fraction of sp³-hybridized carbons (Fsp3) is 0.100. The van der Waals surface area contributed by atoms with Gasteiger partial charge in [-0.2, -0.15) is 5.26 Å². The summed E-state index contributed by atoms with van der Waals surface area (Å²) in [6.07, 6.45) is 3.51. The molecule has 0 aliphatic carbocycles. The van der Waals surface area contributed by atoms with Crippen molar-refractivity contribution in [1.82, 2.24) is 15.3 Å². The summed E-state index contributed by atoms with van der Waals surface area (Å²) in [4.78, 5) is 29.6. The number of hydrogen-bond acceptors (Lipinski definition) is 5. The predicted octanol–water partition coefficient (Wildman–Crippen LogP) is 0.332. The van der Waals surface area contributed by atoms with Crippen LogP contribution in [0.4, 0.5) is 0 Å². The molecule has 0 aromatic carbocycles. The first kappa shape index (κ1) is 12.3. The topological polar surface area (TPSA) is 116 Å². The van der Waals surface area contributed by atoms with Gasteiger partial charge in [-0.25, -0.2) is 14.8 Å². The molecule has 1 aromatic rings. The summed E-state index contributed by atoms with van der Waals surface area (Å²) in [7, 11) is 0. The molecule has 7 nitrogen and oxygen atoms in total. The van der Waals surface area contributed by atoms with E-state index in [1.165, 1.54) is 19.3 Å². The molecular weight excluding hydrogens is 224 g/mol. The first-order valence-electron chi connectivity index (χ1n) is 4.48. The average Bonchev–Trinajstić information content (AvgIpc) is 2.29. The van der Waals surface area contributed by atoms with Gasteiger partial charge in [-0.3, -0.25) is 4.79 Å². The summed E-state index contributed by atoms with van der Waals surface area (Å²) in [5.74, 6) is -2.07. The normalized spacial score (nSPS) is 10.5. The van der Waals surface area contributed by atoms with Gasteiger partial charge in [0.2, 0.25) is 0 Å². The van der Waals surface area contributed by atoms with E-state index in [1.54, 1.807) is 6.07 Å². The van der Waals surface area contributed by atoms with Crippen molar-refractivity contribution in [3.05, 3.63) is 35.6 Å². The minimum absolute atomic E-state index is 0.291. The third kappa shape index (κ3) is 3.10. The van der Waals surface area contributed by atoms with E-state index in [-0.39, 0.29) is 5.69 Å². The Morgan fingerprint density at radius 2 is 2.00 bits per heavy atom. The third-order valence-corrected chi connectivity index (χ3v) is 1.71. The molecule has 17 heavy (non-hydrogen) atoms. The fourth-order valence-corrected chi connectivity index (χ4v) is 1.03. The number of rotatable bonds is 3. The number of nitriles is 1. The van der Waals surface area contributed by atoms with Crippen LogP contribution in [0.3, 0.4) is 0 Å². The number of hydrogen-bond donors (Lipinski definition) is 2. The Hall–Kier alpha value is -2.75. The Labute approximate surface area is 96.4 Å². The fourth-order valence-electron chi connectivity index (χ4n) is 1.03. The molecule has 0 saturated carbocycles. The highest BCUT2D eigenvalue weighted by Crippen LogP contribution is 2.02. The minimum Gasteiger partial charge on any atom is -0.476 e. The lowest BCUT2D eigenvalue weighted by molar-refractivity contribution is 0.0683. The Morgan fingerprint density at radius 3 is 2.53 bits per heavy atom. The second-order valence-corrected chi connectivity index (χ2v) is 2.97. The molecule has 0 aliphatic heterocycles. The molecule has 7 heteroatoms. The molecule has 1 rings (SSSR count). The van der Waals surface area contributed by atoms with E-state index in [9.17, 15) is 9.59 Å². The second-order valence-electron chi connectivity index (χ2n) is 2.97. The number of nitrogens with zero attached hydrogens (tertiary/aromatic N) is 3. The molecule has 1 heterocycles. The Morgan fingerprint density at radius 1 is 1.41 bits per heavy atom. The van der Waals surface area contributed by atoms with Crippen LogP contribution in [0.1, 0.15) is 27.9 Å². The van der Waals surface area contributed by atoms with Crippen LogP contribution in [0.5, 0.6) is 0 Å². The molecule has 1 aromatic heterocycles. The van der Waals surface area contributed by atoms with Crippen LogP contribution < -0.4 is 5.32 Å². The van der Waals surface area contributed by atoms with Gasteiger partial charge in [-0.1, -0.05) is 0 Å². The van der Waals surface area contributed by atoms with Gasteiger partial charge in [0.05, 0.1) is 6.07 Å². The van der Waals surface area contributed by atoms with Crippen molar-refractivity contribution in [1.29, 1.82) is 5.26 Å². The summed E-state index contributed by atoms with van der Waals surface area (Å²) in [5, 5.41) is 19.5. The molecular formula is C10H8N4O3. The molecule has 0 aliphatic rings. The molecule has 0 spiro atoms. The van der Waals surface area contributed by atoms with E-state index >= 15 is 0 Å². The Bertz CT molecular complexity index is 531. The number of aromatic nitrogens is 2. The first-order chi connectivity index (χ1) is 8.06. The molecule has 0 unspecified atom stereocenters. The zero-order valence-corrected chi connectivity index (χ0v) is 8.84. The van der Waals surface area contributed by atoms with Crippen LogP contribution in [0.2, 0.25) is 0 Å². The van der Waals surface area contributed by atoms with Gasteiger partial charge < -0.3 is 10.4 Å². The largest absolute Gasteiger partial charge is 0.476 e. The van der Waals surface area contributed by atoms with Gasteiger partial charge in [0.1, 0.15) is 0 Å². The van der Waals surface area contributed by atoms with E-state index in [4.69, 9.17) is 10.4 Å². The van der Waals surface area contributed by atoms with Crippen molar-refractivity contribution in [2.24, 2.45) is 0 Å². The highest BCUT2D eigenvalue weighted by Gasteiger charge is 2.19. The summed E-state index contributed by atoms with van der Waals surface area (Å²) < 4.78 is 0. The number of carbonyl (C=O) groups excluding carboxylic acids is 1. The maximum absolute atomic E-state index is 11.6. The molecule has 2 N–H and O–H groups in total. The monoisotopic (exact) mass is 232 g/mol. The minimum atomic E-state index is -1.34. The van der Waals surface area contributed by atoms with Crippen molar-refractivity contribution in [3.8, 4) is 6.07 Å². The second kappa shape index (κ2) is 5.37. The van der Waals surface area contributed by atoms with Gasteiger partial charge in [0, 0.05) is 24.2 Å². The van der Waals surface area contributed by atoms with Crippen molar-refractivity contribution in [2.75, 3.05) is 0 Å². The van der Waals surface area contributed by atoms with Gasteiger partial charge in [-0.15, -0.1) is 0 Å². The molecule has 0 radical (unpaired) electrons. The number of allylic oxidation sites excluding steroid dienone is 2. The average molecular weight is 232 g/mol. The van der Waals surface area contributed by atoms with Gasteiger partial charge in [0.25, 0.3) is 5.91 Å². The highest BCUT2D eigenvalue weighted by molar-refractivity contribution is 6.02. The molecule has 0 fully saturated rings. The van der Waals surface area contributed by atoms with Crippen molar-refractivity contribution < 1.29 is 14.7 Å². The zero-order valence-electron chi connectivity index (χ0n) is 8.84. The lowest BCUT2D eigenvalue weighted by Crippen LogP contribution is -2.25. The van der Waals surface area contributed by atoms with Crippen LogP contribution in [-0.4, -0.2) is 27.0 Å². The van der Waals surface area contributed by atoms with Crippen LogP contribution in [0.15, 0.2) is 24.2 Å². The smallest absolute Gasteiger partial charge is 0.356 e. The number of carbonyl (C=O) groups is 2. The van der Waals surface area contributed by atoms with E-state index in [1.807, 2.05) is 0 Å². The maximum atomic E-state index is 11.6. The molecule has 86 valence electrons. The predicted molar refractivity (Wildman–Crippen MR) is 55.8 cm³/mol. The quantitative estimate of drug-likeness (QED) is 0.725. The third-order valence-electron chi connectivity index (χ3n) is 1.71. The zero-order chi connectivity index (χ0) is 12.8. The van der Waals surface area contributed by atoms with Crippen molar-refractivity contribution >= 4 is 11.9 Å². The van der Waals surface area contributed by atoms with E-state index < -0.39 is 17.6 Å². The number of nitrogens with one attached hydrogen (secondary N) is 1. The summed E-state index contributed by atoms with van der Waals surface area (Å²) >= 11 is 0. The van der Waals surface area contributed by atoms with Crippen molar-refractivity contribution in [2.45, 2.75) is 6.92 Å². The van der Waals surface area contributed by atoms with E-state index in [2.05, 4.69) is 15.3 Å². The van der Waals surface area contributed by atoms with Gasteiger partial charge >= 0.3 is 5.97 Å². The SMILES string of the molecule is C/C(=C\C#N)NC(=O)c1nccnc1C(=O)O. The van der Waals surface area contributed by atoms with Gasteiger partial charge in [0.15, 0.2) is 11.4 Å². The summed E-state index contributed by atoms with van der Waals surface area (Å²) in [6.45, 7) is 1.50. The van der Waals surface area contributed by atoms with E-state index in [0.717, 1.165) is 6.08 Å². The lowest BCUT2D eigenvalue weighted by Gasteiger charge is -2.04. The number of carboxylic acids is 1. The molecule has 0 bridgehead atoms. The number of amides is 1. The Kier molecular flexibility index (Phi) is 3.89. The lowest BCUT2D eigenvalue weighted by atomic mass is 10.2. The number of carboxylic acid groups (broad SMARTS) is 1. The van der Waals surface area contributed by atoms with Crippen LogP contribution in [0.25, 0.3) is 0 Å². The molecule has 0 atom stereocenters. The van der Waals surface area contributed by atoms with Crippen molar-refractivity contribution in [3.63, 3.8) is 0 Å². The van der Waals surface area contributed by atoms with Crippen LogP contribution in [0, 0.1) is 11.3 Å². The van der Waals surface area contributed by atoms with E-state index in [0.29, 0.717) is 5.70 Å². The molecule has 0 saturated heterocycles. The highest BCUT2D eigenvalue weighted by atomic mass is 16.4. The van der Waals surface area contributed by atoms with Crippen LogP contribution >= 0.6 is 0 Å². The first-order valence-corrected chi connectivity index (χ1v) is 4.48. The summed E-state index contributed by atoms with van der Waals surface area (Å²) in [5.41, 5.74) is -0.445. The van der Waals surface area contributed by atoms with Crippen LogP contribution in [-0.2, 0) is 0 Å². The number of aromatic carboxylic acids is 1.